The van der Waals surface area contributed by atoms with Crippen LogP contribution in [-0.4, -0.2) is 47.4 Å². The molecule has 0 bridgehead atoms. The van der Waals surface area contributed by atoms with Crippen LogP contribution < -0.4 is 10.6 Å². The number of anilines is 2. The van der Waals surface area contributed by atoms with Crippen molar-refractivity contribution in [1.82, 2.24) is 9.97 Å². The van der Waals surface area contributed by atoms with E-state index in [4.69, 9.17) is 0 Å². The minimum Gasteiger partial charge on any atom is -0.370 e. The fourth-order valence-electron chi connectivity index (χ4n) is 1.31. The molecule has 0 atom stereocenters. The number of hydrogen-bond acceptors (Lipinski definition) is 7. The third-order valence-corrected chi connectivity index (χ3v) is 2.11. The van der Waals surface area contributed by atoms with Crippen LogP contribution in [0.15, 0.2) is 6.20 Å². The summed E-state index contributed by atoms with van der Waals surface area (Å²) in [5.74, 6) is 0.100. The molecule has 0 amide bonds. The van der Waals surface area contributed by atoms with E-state index in [1.54, 1.807) is 6.92 Å². The molecule has 2 N–H and O–H groups in total. The summed E-state index contributed by atoms with van der Waals surface area (Å²) in [6.45, 7) is 0.620. The Bertz CT molecular complexity index is 483. The average Bonchev–Trinajstić information content (AvgIpc) is 2.37. The summed E-state index contributed by atoms with van der Waals surface area (Å²) < 4.78 is 39.9. The smallest absolute Gasteiger partial charge is 0.370 e. The molecule has 8 nitrogen and oxygen atoms in total. The number of alkyl halides is 3. The van der Waals surface area contributed by atoms with Gasteiger partial charge in [-0.2, -0.15) is 18.2 Å². The molecule has 0 aromatic carbocycles. The summed E-state index contributed by atoms with van der Waals surface area (Å²) in [5.41, 5.74) is -0.368. The number of nitrogens with zero attached hydrogens (tertiary/aromatic N) is 3. The number of aromatic nitrogens is 2. The van der Waals surface area contributed by atoms with Gasteiger partial charge in [0.15, 0.2) is 0 Å². The molecule has 0 saturated heterocycles. The van der Waals surface area contributed by atoms with Crippen molar-refractivity contribution < 1.29 is 22.8 Å². The fraction of sp³-hybridized carbons (Fsp3) is 0.600. The number of hydrogen-bond donors (Lipinski definition) is 2. The van der Waals surface area contributed by atoms with Crippen LogP contribution in [0.2, 0.25) is 0 Å². The number of rotatable bonds is 8. The van der Waals surface area contributed by atoms with Crippen LogP contribution in [0.3, 0.4) is 0 Å². The molecule has 1 rings (SSSR count). The Balaban J connectivity index is 2.59. The molecule has 0 fully saturated rings. The van der Waals surface area contributed by atoms with E-state index in [2.05, 4.69) is 25.3 Å². The van der Waals surface area contributed by atoms with Gasteiger partial charge in [-0.15, -0.1) is 0 Å². The zero-order valence-electron chi connectivity index (χ0n) is 11.1. The van der Waals surface area contributed by atoms with Crippen LogP contribution in [0.1, 0.15) is 6.92 Å². The predicted molar refractivity (Wildman–Crippen MR) is 68.2 cm³/mol. The molecule has 21 heavy (non-hydrogen) atoms. The van der Waals surface area contributed by atoms with Crippen LogP contribution in [0.25, 0.3) is 0 Å². The van der Waals surface area contributed by atoms with Crippen LogP contribution >= 0.6 is 0 Å². The van der Waals surface area contributed by atoms with Gasteiger partial charge in [-0.05, 0) is 6.92 Å². The number of halogens is 3. The minimum atomic E-state index is -4.40. The van der Waals surface area contributed by atoms with E-state index in [1.165, 1.54) is 0 Å². The Morgan fingerprint density at radius 1 is 1.43 bits per heavy atom. The lowest BCUT2D eigenvalue weighted by Gasteiger charge is -2.09. The highest BCUT2D eigenvalue weighted by molar-refractivity contribution is 5.56. The second-order valence-electron chi connectivity index (χ2n) is 3.81. The second-order valence-corrected chi connectivity index (χ2v) is 3.81. The second kappa shape index (κ2) is 7.57. The Labute approximate surface area is 117 Å². The first-order valence-corrected chi connectivity index (χ1v) is 5.97. The summed E-state index contributed by atoms with van der Waals surface area (Å²) in [6.07, 6.45) is -3.39. The SMILES string of the molecule is CCNc1ncc([N+](=O)[O-])c(NCCOCC(F)(F)F)n1. The monoisotopic (exact) mass is 309 g/mol. The van der Waals surface area contributed by atoms with Gasteiger partial charge in [-0.25, -0.2) is 4.98 Å². The molecule has 0 aliphatic rings. The maximum atomic E-state index is 11.8. The number of nitro groups is 1. The van der Waals surface area contributed by atoms with Gasteiger partial charge < -0.3 is 15.4 Å². The Morgan fingerprint density at radius 2 is 2.14 bits per heavy atom. The standard InChI is InChI=1S/C10H14F3N5O3/c1-2-14-9-16-5-7(18(19)20)8(17-9)15-3-4-21-6-10(11,12)13/h5H,2-4,6H2,1H3,(H2,14,15,16,17). The van der Waals surface area contributed by atoms with Crippen LogP contribution in [0.4, 0.5) is 30.6 Å². The van der Waals surface area contributed by atoms with Gasteiger partial charge in [0.2, 0.25) is 11.8 Å². The highest BCUT2D eigenvalue weighted by Gasteiger charge is 2.27. The Kier molecular flexibility index (Phi) is 6.09. The molecular formula is C10H14F3N5O3. The average molecular weight is 309 g/mol. The van der Waals surface area contributed by atoms with Crippen molar-refractivity contribution in [1.29, 1.82) is 0 Å². The highest BCUT2D eigenvalue weighted by Crippen LogP contribution is 2.21. The van der Waals surface area contributed by atoms with E-state index in [0.717, 1.165) is 6.20 Å². The lowest BCUT2D eigenvalue weighted by Crippen LogP contribution is -2.20. The molecule has 118 valence electrons. The number of ether oxygens (including phenoxy) is 1. The van der Waals surface area contributed by atoms with Crippen LogP contribution in [0, 0.1) is 10.1 Å². The van der Waals surface area contributed by atoms with Gasteiger partial charge in [0.05, 0.1) is 11.5 Å². The van der Waals surface area contributed by atoms with Crippen molar-refractivity contribution in [3.8, 4) is 0 Å². The largest absolute Gasteiger partial charge is 0.411 e. The molecule has 0 radical (unpaired) electrons. The van der Waals surface area contributed by atoms with Crippen molar-refractivity contribution >= 4 is 17.5 Å². The highest BCUT2D eigenvalue weighted by atomic mass is 19.4. The summed E-state index contributed by atoms with van der Waals surface area (Å²) >= 11 is 0. The van der Waals surface area contributed by atoms with Gasteiger partial charge in [0.25, 0.3) is 0 Å². The molecule has 0 spiro atoms. The van der Waals surface area contributed by atoms with Crippen LogP contribution in [0.5, 0.6) is 0 Å². The lowest BCUT2D eigenvalue weighted by molar-refractivity contribution is -0.384. The summed E-state index contributed by atoms with van der Waals surface area (Å²) in [5, 5.41) is 16.1. The zero-order chi connectivity index (χ0) is 15.9. The third kappa shape index (κ3) is 6.21. The van der Waals surface area contributed by atoms with E-state index < -0.39 is 17.7 Å². The van der Waals surface area contributed by atoms with E-state index in [1.807, 2.05) is 0 Å². The van der Waals surface area contributed by atoms with Gasteiger partial charge >= 0.3 is 11.9 Å². The van der Waals surface area contributed by atoms with Crippen molar-refractivity contribution in [3.05, 3.63) is 16.3 Å². The predicted octanol–water partition coefficient (Wildman–Crippen LogP) is 1.81. The molecular weight excluding hydrogens is 295 g/mol. The topological polar surface area (TPSA) is 102 Å². The Morgan fingerprint density at radius 3 is 2.71 bits per heavy atom. The third-order valence-electron chi connectivity index (χ3n) is 2.11. The van der Waals surface area contributed by atoms with Crippen LogP contribution in [-0.2, 0) is 4.74 Å². The fourth-order valence-corrected chi connectivity index (χ4v) is 1.31. The first-order valence-electron chi connectivity index (χ1n) is 5.97. The summed E-state index contributed by atoms with van der Waals surface area (Å²) in [7, 11) is 0. The molecule has 0 saturated carbocycles. The molecule has 0 aliphatic carbocycles. The Hall–Kier alpha value is -2.17. The molecule has 1 aromatic rings. The normalized spacial score (nSPS) is 11.2. The van der Waals surface area contributed by atoms with Crippen molar-refractivity contribution in [2.24, 2.45) is 0 Å². The minimum absolute atomic E-state index is 0.0561. The molecule has 0 aliphatic heterocycles. The van der Waals surface area contributed by atoms with Crippen molar-refractivity contribution in [3.63, 3.8) is 0 Å². The molecule has 11 heteroatoms. The molecule has 0 unspecified atom stereocenters. The van der Waals surface area contributed by atoms with Crippen molar-refractivity contribution in [2.45, 2.75) is 13.1 Å². The lowest BCUT2D eigenvalue weighted by atomic mass is 10.4. The van der Waals surface area contributed by atoms with Gasteiger partial charge in [-0.1, -0.05) is 0 Å². The maximum absolute atomic E-state index is 11.8. The van der Waals surface area contributed by atoms with Gasteiger partial charge in [-0.3, -0.25) is 10.1 Å². The molecule has 1 aromatic heterocycles. The zero-order valence-corrected chi connectivity index (χ0v) is 11.1. The summed E-state index contributed by atoms with van der Waals surface area (Å²) in [4.78, 5) is 17.7. The van der Waals surface area contributed by atoms with E-state index in [-0.39, 0.29) is 30.6 Å². The maximum Gasteiger partial charge on any atom is 0.411 e. The summed E-state index contributed by atoms with van der Waals surface area (Å²) in [6, 6.07) is 0. The van der Waals surface area contributed by atoms with E-state index in [9.17, 15) is 23.3 Å². The van der Waals surface area contributed by atoms with Crippen molar-refractivity contribution in [2.75, 3.05) is 36.9 Å². The quantitative estimate of drug-likeness (QED) is 0.429. The molecule has 1 heterocycles. The first-order chi connectivity index (χ1) is 9.83. The van der Waals surface area contributed by atoms with Gasteiger partial charge in [0, 0.05) is 13.1 Å². The van der Waals surface area contributed by atoms with E-state index >= 15 is 0 Å². The first kappa shape index (κ1) is 16.9. The van der Waals surface area contributed by atoms with E-state index in [0.29, 0.717) is 6.54 Å². The van der Waals surface area contributed by atoms with Gasteiger partial charge in [0.1, 0.15) is 12.8 Å². The number of nitrogens with one attached hydrogen (secondary N) is 2.